The van der Waals surface area contributed by atoms with Crippen molar-refractivity contribution in [1.29, 1.82) is 0 Å². The van der Waals surface area contributed by atoms with Crippen molar-refractivity contribution in [3.05, 3.63) is 59.7 Å². The number of ketones is 2. The molecule has 2 aromatic rings. The molecule has 2 nitrogen and oxygen atoms in total. The van der Waals surface area contributed by atoms with E-state index in [1.807, 2.05) is 12.1 Å². The van der Waals surface area contributed by atoms with Crippen LogP contribution in [-0.4, -0.2) is 11.6 Å². The Morgan fingerprint density at radius 3 is 1.68 bits per heavy atom. The highest BCUT2D eigenvalue weighted by atomic mass is 16.1. The van der Waals surface area contributed by atoms with Gasteiger partial charge in [-0.15, -0.1) is 0 Å². The van der Waals surface area contributed by atoms with Crippen LogP contribution >= 0.6 is 0 Å². The summed E-state index contributed by atoms with van der Waals surface area (Å²) in [5.74, 6) is 0.617. The molecule has 0 unspecified atom stereocenters. The highest BCUT2D eigenvalue weighted by molar-refractivity contribution is 5.84. The minimum Gasteiger partial charge on any atom is -0.300 e. The molecule has 130 valence electrons. The Balaban J connectivity index is 1.92. The molecule has 1 aliphatic carbocycles. The fourth-order valence-corrected chi connectivity index (χ4v) is 3.65. The van der Waals surface area contributed by atoms with Gasteiger partial charge in [0.25, 0.3) is 0 Å². The van der Waals surface area contributed by atoms with E-state index in [9.17, 15) is 9.59 Å². The summed E-state index contributed by atoms with van der Waals surface area (Å²) in [6, 6.07) is 16.7. The van der Waals surface area contributed by atoms with Gasteiger partial charge in [0, 0.05) is 25.7 Å². The molecule has 0 aromatic heterocycles. The number of hydrogen-bond donors (Lipinski definition) is 0. The van der Waals surface area contributed by atoms with Crippen LogP contribution < -0.4 is 0 Å². The minimum atomic E-state index is 0.271. The highest BCUT2D eigenvalue weighted by Crippen LogP contribution is 2.29. The summed E-state index contributed by atoms with van der Waals surface area (Å²) in [5, 5.41) is 0. The molecule has 2 aromatic carbocycles. The highest BCUT2D eigenvalue weighted by Gasteiger charge is 2.13. The van der Waals surface area contributed by atoms with Crippen LogP contribution in [-0.2, 0) is 22.4 Å². The van der Waals surface area contributed by atoms with Crippen LogP contribution in [0.15, 0.2) is 48.5 Å². The largest absolute Gasteiger partial charge is 0.300 e. The first-order valence-corrected chi connectivity index (χ1v) is 9.43. The molecule has 25 heavy (non-hydrogen) atoms. The Bertz CT molecular complexity index is 745. The maximum atomic E-state index is 12.4. The number of carbonyl (C=O) groups is 2. The zero-order valence-corrected chi connectivity index (χ0v) is 14.8. The fraction of sp³-hybridized carbons (Fsp3) is 0.391. The lowest BCUT2D eigenvalue weighted by molar-refractivity contribution is -0.120. The number of aryl methyl sites for hydroxylation is 1. The van der Waals surface area contributed by atoms with Crippen molar-refractivity contribution in [1.82, 2.24) is 0 Å². The smallest absolute Gasteiger partial charge is 0.137 e. The van der Waals surface area contributed by atoms with Crippen LogP contribution in [0.4, 0.5) is 0 Å². The topological polar surface area (TPSA) is 34.1 Å². The minimum absolute atomic E-state index is 0.271. The predicted molar refractivity (Wildman–Crippen MR) is 102 cm³/mol. The second-order valence-electron chi connectivity index (χ2n) is 6.98. The zero-order chi connectivity index (χ0) is 17.5. The Labute approximate surface area is 150 Å². The molecule has 0 bridgehead atoms. The van der Waals surface area contributed by atoms with E-state index < -0.39 is 0 Å². The Morgan fingerprint density at radius 1 is 0.520 bits per heavy atom. The van der Waals surface area contributed by atoms with Gasteiger partial charge in [-0.1, -0.05) is 48.5 Å². The third-order valence-electron chi connectivity index (χ3n) is 5.03. The van der Waals surface area contributed by atoms with Crippen LogP contribution in [0, 0.1) is 0 Å². The number of hydrogen-bond acceptors (Lipinski definition) is 2. The van der Waals surface area contributed by atoms with E-state index in [0.29, 0.717) is 31.5 Å². The van der Waals surface area contributed by atoms with Crippen LogP contribution in [0.1, 0.15) is 56.1 Å². The van der Waals surface area contributed by atoms with Crippen molar-refractivity contribution in [3.8, 4) is 11.1 Å². The van der Waals surface area contributed by atoms with Crippen molar-refractivity contribution < 1.29 is 9.59 Å². The predicted octanol–water partition coefficient (Wildman–Crippen LogP) is 5.32. The van der Waals surface area contributed by atoms with Gasteiger partial charge in [0.1, 0.15) is 11.6 Å². The van der Waals surface area contributed by atoms with Gasteiger partial charge < -0.3 is 0 Å². The summed E-state index contributed by atoms with van der Waals surface area (Å²) in [7, 11) is 0. The molecule has 0 fully saturated rings. The third kappa shape index (κ3) is 4.88. The summed E-state index contributed by atoms with van der Waals surface area (Å²) in [5.41, 5.74) is 4.83. The van der Waals surface area contributed by atoms with Gasteiger partial charge in [0.2, 0.25) is 0 Å². The van der Waals surface area contributed by atoms with Gasteiger partial charge in [-0.05, 0) is 54.4 Å². The van der Waals surface area contributed by atoms with Gasteiger partial charge in [0.15, 0.2) is 0 Å². The van der Waals surface area contributed by atoms with Crippen LogP contribution in [0.5, 0.6) is 0 Å². The van der Waals surface area contributed by atoms with Gasteiger partial charge >= 0.3 is 0 Å². The van der Waals surface area contributed by atoms with E-state index in [0.717, 1.165) is 37.7 Å². The van der Waals surface area contributed by atoms with E-state index in [-0.39, 0.29) is 5.78 Å². The van der Waals surface area contributed by atoms with E-state index in [4.69, 9.17) is 0 Å². The lowest BCUT2D eigenvalue weighted by atomic mass is 9.91. The molecule has 0 atom stereocenters. The molecule has 3 rings (SSSR count). The van der Waals surface area contributed by atoms with Crippen LogP contribution in [0.2, 0.25) is 0 Å². The molecular weight excluding hydrogens is 308 g/mol. The molecule has 1 aliphatic rings. The third-order valence-corrected chi connectivity index (χ3v) is 5.03. The second-order valence-corrected chi connectivity index (χ2v) is 6.98. The SMILES string of the molecule is O=C1CCCCC(=O)Cc2ccccc2-c2ccccc2CCCC1. The lowest BCUT2D eigenvalue weighted by Crippen LogP contribution is -2.05. The first kappa shape index (κ1) is 17.6. The first-order valence-electron chi connectivity index (χ1n) is 9.43. The fourth-order valence-electron chi connectivity index (χ4n) is 3.65. The molecular formula is C23H26O2. The molecule has 2 heteroatoms. The number of benzene rings is 2. The van der Waals surface area contributed by atoms with E-state index >= 15 is 0 Å². The summed E-state index contributed by atoms with van der Waals surface area (Å²) in [6.45, 7) is 0. The first-order chi connectivity index (χ1) is 12.2. The standard InChI is InChI=1S/C23H26O2/c24-20-12-4-1-9-18-10-2-7-15-22(18)23-16-8-3-11-19(23)17-21(25)14-6-5-13-20/h2-3,7-8,10-11,15-16H,1,4-6,9,12-14,17H2. The molecule has 0 saturated carbocycles. The number of carbonyl (C=O) groups excluding carboxylic acids is 2. The summed E-state index contributed by atoms with van der Waals surface area (Å²) in [4.78, 5) is 24.3. The summed E-state index contributed by atoms with van der Waals surface area (Å²) in [6.07, 6.45) is 6.98. The van der Waals surface area contributed by atoms with Gasteiger partial charge in [-0.25, -0.2) is 0 Å². The van der Waals surface area contributed by atoms with Crippen LogP contribution in [0.3, 0.4) is 0 Å². The number of fused-ring (bicyclic) bond motifs is 3. The molecule has 0 N–H and O–H groups in total. The molecule has 0 aliphatic heterocycles. The number of rotatable bonds is 0. The van der Waals surface area contributed by atoms with Crippen molar-refractivity contribution >= 4 is 11.6 Å². The van der Waals surface area contributed by atoms with Crippen LogP contribution in [0.25, 0.3) is 11.1 Å². The maximum absolute atomic E-state index is 12.4. The van der Waals surface area contributed by atoms with Crippen molar-refractivity contribution in [2.75, 3.05) is 0 Å². The number of Topliss-reactive ketones (excluding diaryl/α,β-unsaturated/α-hetero) is 2. The molecule has 0 heterocycles. The van der Waals surface area contributed by atoms with Crippen molar-refractivity contribution in [2.45, 2.75) is 57.8 Å². The van der Waals surface area contributed by atoms with E-state index in [2.05, 4.69) is 36.4 Å². The monoisotopic (exact) mass is 334 g/mol. The maximum Gasteiger partial charge on any atom is 0.137 e. The second kappa shape index (κ2) is 8.75. The molecule has 0 radical (unpaired) electrons. The molecule has 0 amide bonds. The average molecular weight is 334 g/mol. The van der Waals surface area contributed by atoms with E-state index in [1.165, 1.54) is 16.7 Å². The van der Waals surface area contributed by atoms with Crippen molar-refractivity contribution in [3.63, 3.8) is 0 Å². The van der Waals surface area contributed by atoms with Gasteiger partial charge in [0.05, 0.1) is 0 Å². The quantitative estimate of drug-likeness (QED) is 0.653. The van der Waals surface area contributed by atoms with Gasteiger partial charge in [-0.2, -0.15) is 0 Å². The Kier molecular flexibility index (Phi) is 6.16. The molecule has 0 saturated heterocycles. The van der Waals surface area contributed by atoms with E-state index in [1.54, 1.807) is 0 Å². The Hall–Kier alpha value is -2.22. The zero-order valence-electron chi connectivity index (χ0n) is 14.8. The molecule has 0 spiro atoms. The summed E-state index contributed by atoms with van der Waals surface area (Å²) < 4.78 is 0. The normalized spacial score (nSPS) is 17.1. The van der Waals surface area contributed by atoms with Crippen molar-refractivity contribution in [2.24, 2.45) is 0 Å². The Morgan fingerprint density at radius 2 is 1.00 bits per heavy atom. The van der Waals surface area contributed by atoms with Gasteiger partial charge in [-0.3, -0.25) is 9.59 Å². The average Bonchev–Trinajstić information content (AvgIpc) is 2.63. The summed E-state index contributed by atoms with van der Waals surface area (Å²) >= 11 is 0. The lowest BCUT2D eigenvalue weighted by Gasteiger charge is -2.14.